The van der Waals surface area contributed by atoms with Crippen molar-refractivity contribution < 1.29 is 28.7 Å². The molecule has 0 fully saturated rings. The highest BCUT2D eigenvalue weighted by Gasteiger charge is 2.40. The van der Waals surface area contributed by atoms with Crippen LogP contribution in [0.3, 0.4) is 0 Å². The predicted octanol–water partition coefficient (Wildman–Crippen LogP) is 4.16. The third kappa shape index (κ3) is 4.92. The average molecular weight is 534 g/mol. The SMILES string of the molecule is CC(C(=O)Nc1ccc2c(c1)N(CCCOc1ccc(Cl)cc1)C(=O)CO2)N1C(=O)c2ccccc2C1=O. The molecule has 3 aromatic rings. The fraction of sp³-hybridized carbons (Fsp3) is 0.214. The zero-order valence-corrected chi connectivity index (χ0v) is 21.2. The lowest BCUT2D eigenvalue weighted by Gasteiger charge is -2.30. The molecule has 0 bridgehead atoms. The first-order chi connectivity index (χ1) is 18.3. The molecule has 5 rings (SSSR count). The van der Waals surface area contributed by atoms with Crippen LogP contribution in [-0.4, -0.2) is 54.3 Å². The highest BCUT2D eigenvalue weighted by Crippen LogP contribution is 2.35. The van der Waals surface area contributed by atoms with Gasteiger partial charge < -0.3 is 19.7 Å². The zero-order chi connectivity index (χ0) is 26.8. The van der Waals surface area contributed by atoms with Gasteiger partial charge in [-0.3, -0.25) is 24.1 Å². The van der Waals surface area contributed by atoms with Crippen LogP contribution in [0.4, 0.5) is 11.4 Å². The van der Waals surface area contributed by atoms with Gasteiger partial charge in [-0.25, -0.2) is 0 Å². The van der Waals surface area contributed by atoms with E-state index in [0.29, 0.717) is 47.5 Å². The van der Waals surface area contributed by atoms with Crippen LogP contribution in [0, 0.1) is 0 Å². The van der Waals surface area contributed by atoms with Gasteiger partial charge in [-0.1, -0.05) is 23.7 Å². The predicted molar refractivity (Wildman–Crippen MR) is 141 cm³/mol. The third-order valence-electron chi connectivity index (χ3n) is 6.37. The van der Waals surface area contributed by atoms with Crippen molar-refractivity contribution in [2.24, 2.45) is 0 Å². The van der Waals surface area contributed by atoms with Crippen LogP contribution in [0.5, 0.6) is 11.5 Å². The van der Waals surface area contributed by atoms with Crippen molar-refractivity contribution in [3.63, 3.8) is 0 Å². The lowest BCUT2D eigenvalue weighted by molar-refractivity contribution is -0.121. The molecule has 1 N–H and O–H groups in total. The van der Waals surface area contributed by atoms with Crippen molar-refractivity contribution in [2.45, 2.75) is 19.4 Å². The Labute approximate surface area is 223 Å². The first-order valence-electron chi connectivity index (χ1n) is 12.1. The number of carbonyl (C=O) groups excluding carboxylic acids is 4. The summed E-state index contributed by atoms with van der Waals surface area (Å²) in [5.41, 5.74) is 1.46. The molecule has 0 aliphatic carbocycles. The first kappa shape index (κ1) is 25.3. The molecule has 0 aromatic heterocycles. The van der Waals surface area contributed by atoms with Crippen molar-refractivity contribution in [1.29, 1.82) is 0 Å². The van der Waals surface area contributed by atoms with Crippen molar-refractivity contribution in [2.75, 3.05) is 30.0 Å². The molecular formula is C28H24ClN3O6. The summed E-state index contributed by atoms with van der Waals surface area (Å²) in [6.45, 7) is 2.17. The summed E-state index contributed by atoms with van der Waals surface area (Å²) in [5, 5.41) is 3.37. The van der Waals surface area contributed by atoms with Crippen molar-refractivity contribution in [3.8, 4) is 11.5 Å². The van der Waals surface area contributed by atoms with Gasteiger partial charge in [0.2, 0.25) is 5.91 Å². The quantitative estimate of drug-likeness (QED) is 0.344. The number of ether oxygens (including phenoxy) is 2. The fourth-order valence-corrected chi connectivity index (χ4v) is 4.52. The largest absolute Gasteiger partial charge is 0.494 e. The number of halogens is 1. The van der Waals surface area contributed by atoms with Crippen LogP contribution in [0.25, 0.3) is 0 Å². The molecular weight excluding hydrogens is 510 g/mol. The van der Waals surface area contributed by atoms with E-state index in [1.807, 2.05) is 0 Å². The highest BCUT2D eigenvalue weighted by atomic mass is 35.5. The molecule has 3 aromatic carbocycles. The minimum absolute atomic E-state index is 0.0898. The Morgan fingerprint density at radius 3 is 2.39 bits per heavy atom. The number of amides is 4. The second kappa shape index (κ2) is 10.5. The van der Waals surface area contributed by atoms with Crippen LogP contribution >= 0.6 is 11.6 Å². The van der Waals surface area contributed by atoms with Crippen molar-refractivity contribution >= 4 is 46.6 Å². The lowest BCUT2D eigenvalue weighted by atomic mass is 10.1. The molecule has 0 spiro atoms. The Bertz CT molecular complexity index is 1390. The molecule has 2 aliphatic rings. The standard InChI is InChI=1S/C28H24ClN3O6/c1-17(32-27(35)21-5-2-3-6-22(21)28(32)36)26(34)30-19-9-12-24-23(15-19)31(25(33)16-38-24)13-4-14-37-20-10-7-18(29)8-11-20/h2-3,5-12,15,17H,4,13-14,16H2,1H3,(H,30,34). The number of hydrogen-bond donors (Lipinski definition) is 1. The second-order valence-electron chi connectivity index (χ2n) is 8.86. The summed E-state index contributed by atoms with van der Waals surface area (Å²) in [6, 6.07) is 17.4. The maximum absolute atomic E-state index is 13.0. The number of imide groups is 1. The Morgan fingerprint density at radius 2 is 1.71 bits per heavy atom. The number of benzene rings is 3. The molecule has 4 amide bonds. The fourth-order valence-electron chi connectivity index (χ4n) is 4.39. The molecule has 0 saturated carbocycles. The van der Waals surface area contributed by atoms with Gasteiger partial charge in [-0.05, 0) is 67.9 Å². The summed E-state index contributed by atoms with van der Waals surface area (Å²) in [6.07, 6.45) is 0.557. The van der Waals surface area contributed by atoms with Crippen LogP contribution in [-0.2, 0) is 9.59 Å². The zero-order valence-electron chi connectivity index (χ0n) is 20.5. The third-order valence-corrected chi connectivity index (χ3v) is 6.62. The molecule has 194 valence electrons. The molecule has 1 atom stereocenters. The second-order valence-corrected chi connectivity index (χ2v) is 9.30. The molecule has 9 nitrogen and oxygen atoms in total. The van der Waals surface area contributed by atoms with Gasteiger partial charge in [0.25, 0.3) is 17.7 Å². The van der Waals surface area contributed by atoms with E-state index in [1.54, 1.807) is 71.6 Å². The van der Waals surface area contributed by atoms with Gasteiger partial charge in [0.15, 0.2) is 6.61 Å². The lowest BCUT2D eigenvalue weighted by Crippen LogP contribution is -2.45. The van der Waals surface area contributed by atoms with E-state index < -0.39 is 23.8 Å². The summed E-state index contributed by atoms with van der Waals surface area (Å²) >= 11 is 5.89. The van der Waals surface area contributed by atoms with E-state index in [0.717, 1.165) is 4.90 Å². The number of hydrogen-bond acceptors (Lipinski definition) is 6. The van der Waals surface area contributed by atoms with E-state index in [4.69, 9.17) is 21.1 Å². The Kier molecular flexibility index (Phi) is 7.02. The first-order valence-corrected chi connectivity index (χ1v) is 12.4. The van der Waals surface area contributed by atoms with Crippen LogP contribution in [0.2, 0.25) is 5.02 Å². The van der Waals surface area contributed by atoms with E-state index in [1.165, 1.54) is 6.92 Å². The molecule has 0 radical (unpaired) electrons. The Hall–Kier alpha value is -4.37. The normalized spacial score (nSPS) is 15.1. The van der Waals surface area contributed by atoms with Crippen LogP contribution in [0.15, 0.2) is 66.7 Å². The smallest absolute Gasteiger partial charge is 0.265 e. The van der Waals surface area contributed by atoms with Crippen LogP contribution in [0.1, 0.15) is 34.1 Å². The van der Waals surface area contributed by atoms with E-state index in [9.17, 15) is 19.2 Å². The Balaban J connectivity index is 1.25. The van der Waals surface area contributed by atoms with Gasteiger partial charge >= 0.3 is 0 Å². The summed E-state index contributed by atoms with van der Waals surface area (Å²) in [7, 11) is 0. The number of nitrogens with zero attached hydrogens (tertiary/aromatic N) is 2. The molecule has 0 saturated heterocycles. The van der Waals surface area contributed by atoms with E-state index >= 15 is 0 Å². The number of anilines is 2. The summed E-state index contributed by atoms with van der Waals surface area (Å²) in [5.74, 6) is -0.582. The number of fused-ring (bicyclic) bond motifs is 2. The van der Waals surface area contributed by atoms with Gasteiger partial charge in [-0.2, -0.15) is 0 Å². The average Bonchev–Trinajstić information content (AvgIpc) is 3.17. The topological polar surface area (TPSA) is 105 Å². The van der Waals surface area contributed by atoms with Gasteiger partial charge in [0, 0.05) is 17.3 Å². The van der Waals surface area contributed by atoms with E-state index in [2.05, 4.69) is 5.32 Å². The maximum Gasteiger partial charge on any atom is 0.265 e. The number of carbonyl (C=O) groups is 4. The van der Waals surface area contributed by atoms with Gasteiger partial charge in [-0.15, -0.1) is 0 Å². The van der Waals surface area contributed by atoms with Gasteiger partial charge in [0.1, 0.15) is 17.5 Å². The maximum atomic E-state index is 13.0. The van der Waals surface area contributed by atoms with Crippen LogP contribution < -0.4 is 19.7 Å². The molecule has 1 unspecified atom stereocenters. The molecule has 10 heteroatoms. The molecule has 2 aliphatic heterocycles. The monoisotopic (exact) mass is 533 g/mol. The van der Waals surface area contributed by atoms with Crippen molar-refractivity contribution in [1.82, 2.24) is 4.90 Å². The Morgan fingerprint density at radius 1 is 1.03 bits per heavy atom. The number of nitrogens with one attached hydrogen (secondary N) is 1. The minimum atomic E-state index is -1.04. The summed E-state index contributed by atoms with van der Waals surface area (Å²) in [4.78, 5) is 53.7. The molecule has 2 heterocycles. The number of rotatable bonds is 8. The van der Waals surface area contributed by atoms with E-state index in [-0.39, 0.29) is 23.6 Å². The highest BCUT2D eigenvalue weighted by molar-refractivity contribution is 6.30. The van der Waals surface area contributed by atoms with Crippen molar-refractivity contribution in [3.05, 3.63) is 82.9 Å². The summed E-state index contributed by atoms with van der Waals surface area (Å²) < 4.78 is 11.3. The minimum Gasteiger partial charge on any atom is -0.494 e. The molecule has 38 heavy (non-hydrogen) atoms. The van der Waals surface area contributed by atoms with Gasteiger partial charge in [0.05, 0.1) is 23.4 Å².